The van der Waals surface area contributed by atoms with Crippen molar-refractivity contribution in [3.8, 4) is 6.07 Å². The largest absolute Gasteiger partial charge is 0.398 e. The lowest BCUT2D eigenvalue weighted by Crippen LogP contribution is -2.30. The fourth-order valence-electron chi connectivity index (χ4n) is 2.34. The van der Waals surface area contributed by atoms with Crippen LogP contribution in [0.3, 0.4) is 0 Å². The van der Waals surface area contributed by atoms with E-state index in [1.165, 1.54) is 24.3 Å². The van der Waals surface area contributed by atoms with Crippen LogP contribution in [-0.2, 0) is 0 Å². The smallest absolute Gasteiger partial charge is 0.268 e. The molecule has 0 unspecified atom stereocenters. The zero-order valence-corrected chi connectivity index (χ0v) is 10.6. The van der Waals surface area contributed by atoms with Crippen LogP contribution in [0, 0.1) is 17.1 Å². The van der Waals surface area contributed by atoms with Crippen LogP contribution in [0.25, 0.3) is 0 Å². The maximum absolute atomic E-state index is 13.7. The van der Waals surface area contributed by atoms with Gasteiger partial charge in [0.15, 0.2) is 0 Å². The van der Waals surface area contributed by atoms with Crippen molar-refractivity contribution in [2.24, 2.45) is 0 Å². The molecule has 0 saturated carbocycles. The van der Waals surface area contributed by atoms with Crippen molar-refractivity contribution in [3.05, 3.63) is 58.9 Å². The Morgan fingerprint density at radius 2 is 1.81 bits per heavy atom. The van der Waals surface area contributed by atoms with E-state index in [9.17, 15) is 14.0 Å². The number of benzene rings is 2. The minimum atomic E-state index is -0.792. The molecule has 5 nitrogen and oxygen atoms in total. The minimum Gasteiger partial charge on any atom is -0.398 e. The van der Waals surface area contributed by atoms with Gasteiger partial charge in [-0.3, -0.25) is 9.59 Å². The molecule has 2 aromatic rings. The lowest BCUT2D eigenvalue weighted by molar-refractivity contribution is 0.0926. The van der Waals surface area contributed by atoms with Crippen LogP contribution in [-0.4, -0.2) is 11.8 Å². The Morgan fingerprint density at radius 1 is 1.10 bits per heavy atom. The first kappa shape index (κ1) is 12.8. The van der Waals surface area contributed by atoms with Gasteiger partial charge in [0.2, 0.25) is 0 Å². The number of amides is 2. The first-order valence-corrected chi connectivity index (χ1v) is 6.02. The highest BCUT2D eigenvalue weighted by Gasteiger charge is 2.39. The van der Waals surface area contributed by atoms with Crippen LogP contribution in [0.1, 0.15) is 26.3 Å². The molecule has 1 heterocycles. The fraction of sp³-hybridized carbons (Fsp3) is 0. The summed E-state index contributed by atoms with van der Waals surface area (Å²) in [6.45, 7) is 0. The second kappa shape index (κ2) is 4.42. The van der Waals surface area contributed by atoms with Gasteiger partial charge in [0, 0.05) is 5.69 Å². The number of anilines is 2. The Morgan fingerprint density at radius 3 is 2.48 bits per heavy atom. The molecule has 3 rings (SSSR count). The van der Waals surface area contributed by atoms with Gasteiger partial charge in [-0.1, -0.05) is 12.1 Å². The molecule has 6 heteroatoms. The summed E-state index contributed by atoms with van der Waals surface area (Å²) in [7, 11) is 0. The standard InChI is InChI=1S/C15H8FN3O2/c16-10-4-2-6-12(9(10)7-17)19-14(20)8-3-1-5-11(18)13(8)15(19)21/h1-6H,18H2. The Hall–Kier alpha value is -3.20. The number of halogens is 1. The average molecular weight is 281 g/mol. The number of nitrogen functional groups attached to an aromatic ring is 1. The number of imide groups is 1. The normalized spacial score (nSPS) is 13.2. The van der Waals surface area contributed by atoms with Crippen molar-refractivity contribution in [3.63, 3.8) is 0 Å². The van der Waals surface area contributed by atoms with E-state index < -0.39 is 17.6 Å². The molecule has 2 amide bonds. The van der Waals surface area contributed by atoms with Gasteiger partial charge in [-0.05, 0) is 24.3 Å². The quantitative estimate of drug-likeness (QED) is 0.640. The van der Waals surface area contributed by atoms with Gasteiger partial charge in [-0.25, -0.2) is 9.29 Å². The van der Waals surface area contributed by atoms with E-state index >= 15 is 0 Å². The summed E-state index contributed by atoms with van der Waals surface area (Å²) in [6.07, 6.45) is 0. The molecule has 1 aliphatic heterocycles. The van der Waals surface area contributed by atoms with Crippen molar-refractivity contribution >= 4 is 23.2 Å². The van der Waals surface area contributed by atoms with Crippen molar-refractivity contribution in [2.45, 2.75) is 0 Å². The zero-order valence-electron chi connectivity index (χ0n) is 10.6. The van der Waals surface area contributed by atoms with Crippen LogP contribution in [0.15, 0.2) is 36.4 Å². The number of hydrogen-bond acceptors (Lipinski definition) is 4. The van der Waals surface area contributed by atoms with Gasteiger partial charge in [0.1, 0.15) is 17.4 Å². The van der Waals surface area contributed by atoms with Crippen LogP contribution >= 0.6 is 0 Å². The van der Waals surface area contributed by atoms with E-state index in [0.29, 0.717) is 0 Å². The second-order valence-corrected chi connectivity index (χ2v) is 4.46. The van der Waals surface area contributed by atoms with Gasteiger partial charge in [0.05, 0.1) is 16.8 Å². The number of fused-ring (bicyclic) bond motifs is 1. The summed E-state index contributed by atoms with van der Waals surface area (Å²) in [4.78, 5) is 25.5. The lowest BCUT2D eigenvalue weighted by atomic mass is 10.1. The summed E-state index contributed by atoms with van der Waals surface area (Å²) < 4.78 is 13.7. The monoisotopic (exact) mass is 281 g/mol. The second-order valence-electron chi connectivity index (χ2n) is 4.46. The van der Waals surface area contributed by atoms with E-state index in [1.807, 2.05) is 0 Å². The molecule has 2 N–H and O–H groups in total. The molecule has 0 saturated heterocycles. The Bertz CT molecular complexity index is 839. The summed E-state index contributed by atoms with van der Waals surface area (Å²) >= 11 is 0. The highest BCUT2D eigenvalue weighted by atomic mass is 19.1. The third-order valence-corrected chi connectivity index (χ3v) is 3.29. The van der Waals surface area contributed by atoms with Gasteiger partial charge in [0.25, 0.3) is 11.8 Å². The van der Waals surface area contributed by atoms with E-state index in [0.717, 1.165) is 11.0 Å². The molecule has 0 atom stereocenters. The third kappa shape index (κ3) is 1.68. The van der Waals surface area contributed by atoms with E-state index in [1.54, 1.807) is 12.1 Å². The van der Waals surface area contributed by atoms with Crippen molar-refractivity contribution in [2.75, 3.05) is 10.6 Å². The first-order valence-electron chi connectivity index (χ1n) is 6.02. The number of hydrogen-bond donors (Lipinski definition) is 1. The maximum Gasteiger partial charge on any atom is 0.268 e. The molecule has 0 aromatic heterocycles. The molecule has 0 fully saturated rings. The molecule has 0 aliphatic carbocycles. The van der Waals surface area contributed by atoms with Crippen LogP contribution in [0.4, 0.5) is 15.8 Å². The predicted molar refractivity (Wildman–Crippen MR) is 73.1 cm³/mol. The van der Waals surface area contributed by atoms with Crippen molar-refractivity contribution in [1.29, 1.82) is 5.26 Å². The van der Waals surface area contributed by atoms with E-state index in [4.69, 9.17) is 11.0 Å². The number of carbonyl (C=O) groups is 2. The maximum atomic E-state index is 13.7. The fourth-order valence-corrected chi connectivity index (χ4v) is 2.34. The molecular formula is C15H8FN3O2. The van der Waals surface area contributed by atoms with Crippen molar-refractivity contribution < 1.29 is 14.0 Å². The van der Waals surface area contributed by atoms with Crippen molar-refractivity contribution in [1.82, 2.24) is 0 Å². The van der Waals surface area contributed by atoms with Crippen LogP contribution in [0.2, 0.25) is 0 Å². The average Bonchev–Trinajstić information content (AvgIpc) is 2.72. The van der Waals surface area contributed by atoms with Gasteiger partial charge in [-0.2, -0.15) is 5.26 Å². The van der Waals surface area contributed by atoms with Gasteiger partial charge < -0.3 is 5.73 Å². The van der Waals surface area contributed by atoms with Gasteiger partial charge >= 0.3 is 0 Å². The molecule has 21 heavy (non-hydrogen) atoms. The van der Waals surface area contributed by atoms with Crippen LogP contribution in [0.5, 0.6) is 0 Å². The summed E-state index contributed by atoms with van der Waals surface area (Å²) in [5.74, 6) is -2.07. The molecule has 0 radical (unpaired) electrons. The van der Waals surface area contributed by atoms with Crippen LogP contribution < -0.4 is 10.6 Å². The Kier molecular flexibility index (Phi) is 2.70. The highest BCUT2D eigenvalue weighted by Crippen LogP contribution is 2.33. The summed E-state index contributed by atoms with van der Waals surface area (Å²) in [5, 5.41) is 9.04. The number of rotatable bonds is 1. The van der Waals surface area contributed by atoms with E-state index in [-0.39, 0.29) is 28.1 Å². The highest BCUT2D eigenvalue weighted by molar-refractivity contribution is 6.36. The molecule has 102 valence electrons. The minimum absolute atomic E-state index is 0.0793. The topological polar surface area (TPSA) is 87.2 Å². The summed E-state index contributed by atoms with van der Waals surface area (Å²) in [6, 6.07) is 9.97. The molecular weight excluding hydrogens is 273 g/mol. The Balaban J connectivity index is 2.23. The number of carbonyl (C=O) groups excluding carboxylic acids is 2. The van der Waals surface area contributed by atoms with Gasteiger partial charge in [-0.15, -0.1) is 0 Å². The Labute approximate surface area is 119 Å². The molecule has 2 aromatic carbocycles. The lowest BCUT2D eigenvalue weighted by Gasteiger charge is -2.15. The first-order chi connectivity index (χ1) is 10.1. The number of nitriles is 1. The zero-order chi connectivity index (χ0) is 15.1. The number of nitrogens with two attached hydrogens (primary N) is 1. The predicted octanol–water partition coefficient (Wildman–Crippen LogP) is 2.08. The molecule has 0 spiro atoms. The summed E-state index contributed by atoms with van der Waals surface area (Å²) in [5.41, 5.74) is 5.69. The SMILES string of the molecule is N#Cc1c(F)cccc1N1C(=O)c2cccc(N)c2C1=O. The number of nitrogens with zero attached hydrogens (tertiary/aromatic N) is 2. The molecule has 0 bridgehead atoms. The molecule has 1 aliphatic rings. The van der Waals surface area contributed by atoms with E-state index in [2.05, 4.69) is 0 Å². The third-order valence-electron chi connectivity index (χ3n) is 3.29.